The maximum absolute atomic E-state index is 9.94. The van der Waals surface area contributed by atoms with Gasteiger partial charge in [-0.25, -0.2) is 0 Å². The topological polar surface area (TPSA) is 77.4 Å². The molecule has 2 aliphatic heterocycles. The summed E-state index contributed by atoms with van der Waals surface area (Å²) in [6, 6.07) is 9.73. The lowest BCUT2D eigenvalue weighted by Gasteiger charge is -2.28. The first-order valence-corrected chi connectivity index (χ1v) is 7.46. The molecule has 0 saturated carbocycles. The number of ether oxygens (including phenoxy) is 4. The molecule has 2 N–H and O–H groups in total. The first-order valence-electron chi connectivity index (χ1n) is 7.46. The second kappa shape index (κ2) is 6.23. The van der Waals surface area contributed by atoms with E-state index in [1.54, 1.807) is 13.8 Å². The summed E-state index contributed by atoms with van der Waals surface area (Å²) in [5.41, 5.74) is 1.02. The Kier molecular flexibility index (Phi) is 4.49. The summed E-state index contributed by atoms with van der Waals surface area (Å²) in [6.45, 7) is 3.58. The molecule has 6 nitrogen and oxygen atoms in total. The Hall–Kier alpha value is -1.02. The van der Waals surface area contributed by atoms with E-state index in [1.807, 2.05) is 30.3 Å². The van der Waals surface area contributed by atoms with Crippen molar-refractivity contribution >= 4 is 0 Å². The molecule has 122 valence electrons. The Labute approximate surface area is 129 Å². The van der Waals surface area contributed by atoms with E-state index in [9.17, 15) is 10.2 Å². The van der Waals surface area contributed by atoms with Gasteiger partial charge in [0.1, 0.15) is 24.4 Å². The van der Waals surface area contributed by atoms with Crippen molar-refractivity contribution in [2.75, 3.05) is 6.61 Å². The fraction of sp³-hybridized carbons (Fsp3) is 0.625. The van der Waals surface area contributed by atoms with Gasteiger partial charge in [-0.3, -0.25) is 0 Å². The van der Waals surface area contributed by atoms with E-state index in [1.165, 1.54) is 0 Å². The Bertz CT molecular complexity index is 491. The molecule has 2 fully saturated rings. The van der Waals surface area contributed by atoms with Crippen LogP contribution in [0.2, 0.25) is 0 Å². The summed E-state index contributed by atoms with van der Waals surface area (Å²) >= 11 is 0. The number of fused-ring (bicyclic) bond motifs is 1. The van der Waals surface area contributed by atoms with Gasteiger partial charge in [-0.05, 0) is 19.4 Å². The molecule has 4 unspecified atom stereocenters. The van der Waals surface area contributed by atoms with Crippen LogP contribution in [-0.4, -0.2) is 53.3 Å². The van der Waals surface area contributed by atoms with Crippen LogP contribution in [0, 0.1) is 0 Å². The van der Waals surface area contributed by atoms with Gasteiger partial charge in [0.05, 0.1) is 13.2 Å². The highest BCUT2D eigenvalue weighted by Crippen LogP contribution is 2.39. The van der Waals surface area contributed by atoms with Crippen molar-refractivity contribution in [3.63, 3.8) is 0 Å². The molecule has 0 spiro atoms. The van der Waals surface area contributed by atoms with Crippen LogP contribution < -0.4 is 0 Å². The summed E-state index contributed by atoms with van der Waals surface area (Å²) in [6.07, 6.45) is -3.25. The van der Waals surface area contributed by atoms with Crippen molar-refractivity contribution in [2.45, 2.75) is 56.9 Å². The van der Waals surface area contributed by atoms with Crippen LogP contribution in [0.15, 0.2) is 30.3 Å². The first-order chi connectivity index (χ1) is 10.5. The Morgan fingerprint density at radius 3 is 2.64 bits per heavy atom. The summed E-state index contributed by atoms with van der Waals surface area (Å²) in [7, 11) is 0. The van der Waals surface area contributed by atoms with E-state index in [2.05, 4.69) is 0 Å². The molecule has 0 aliphatic carbocycles. The van der Waals surface area contributed by atoms with Gasteiger partial charge in [0.15, 0.2) is 12.1 Å². The average molecular weight is 310 g/mol. The van der Waals surface area contributed by atoms with E-state index in [-0.39, 0.29) is 0 Å². The average Bonchev–Trinajstić information content (AvgIpc) is 2.97. The summed E-state index contributed by atoms with van der Waals surface area (Å²) in [5, 5.41) is 19.1. The van der Waals surface area contributed by atoms with Crippen LogP contribution in [0.4, 0.5) is 0 Å². The molecule has 22 heavy (non-hydrogen) atoms. The van der Waals surface area contributed by atoms with Gasteiger partial charge in [0, 0.05) is 0 Å². The minimum Gasteiger partial charge on any atom is -0.394 e. The maximum Gasteiger partial charge on any atom is 0.190 e. The fourth-order valence-electron chi connectivity index (χ4n) is 2.87. The van der Waals surface area contributed by atoms with Crippen molar-refractivity contribution in [1.82, 2.24) is 0 Å². The van der Waals surface area contributed by atoms with Crippen LogP contribution >= 0.6 is 0 Å². The third-order valence-corrected chi connectivity index (χ3v) is 3.88. The van der Waals surface area contributed by atoms with Crippen molar-refractivity contribution in [2.24, 2.45) is 0 Å². The zero-order valence-corrected chi connectivity index (χ0v) is 12.7. The normalized spacial score (nSPS) is 34.5. The predicted octanol–water partition coefficient (Wildman–Crippen LogP) is 0.801. The summed E-state index contributed by atoms with van der Waals surface area (Å²) in [5.74, 6) is -0.751. The zero-order chi connectivity index (χ0) is 15.7. The van der Waals surface area contributed by atoms with Gasteiger partial charge in [-0.2, -0.15) is 0 Å². The quantitative estimate of drug-likeness (QED) is 0.838. The zero-order valence-electron chi connectivity index (χ0n) is 12.7. The number of aliphatic hydroxyl groups excluding tert-OH is 2. The van der Waals surface area contributed by atoms with E-state index in [0.29, 0.717) is 6.61 Å². The highest BCUT2D eigenvalue weighted by atomic mass is 16.8. The minimum absolute atomic E-state index is 0.372. The number of hydrogen-bond acceptors (Lipinski definition) is 6. The lowest BCUT2D eigenvalue weighted by molar-refractivity contribution is -0.232. The van der Waals surface area contributed by atoms with Crippen LogP contribution in [0.25, 0.3) is 0 Å². The molecular weight excluding hydrogens is 288 g/mol. The molecule has 0 aromatic heterocycles. The second-order valence-electron chi connectivity index (χ2n) is 6.08. The predicted molar refractivity (Wildman–Crippen MR) is 76.8 cm³/mol. The van der Waals surface area contributed by atoms with Gasteiger partial charge in [-0.15, -0.1) is 0 Å². The van der Waals surface area contributed by atoms with Crippen LogP contribution in [0.3, 0.4) is 0 Å². The van der Waals surface area contributed by atoms with E-state index in [0.717, 1.165) is 5.56 Å². The second-order valence-corrected chi connectivity index (χ2v) is 6.08. The molecule has 2 saturated heterocycles. The smallest absolute Gasteiger partial charge is 0.190 e. The molecule has 0 bridgehead atoms. The monoisotopic (exact) mass is 310 g/mol. The molecular formula is C16H22O6. The lowest BCUT2D eigenvalue weighted by atomic mass is 10.1. The highest BCUT2D eigenvalue weighted by molar-refractivity contribution is 5.13. The molecule has 3 rings (SSSR count). The van der Waals surface area contributed by atoms with Gasteiger partial charge in [-0.1, -0.05) is 30.3 Å². The fourth-order valence-corrected chi connectivity index (χ4v) is 2.87. The van der Waals surface area contributed by atoms with Crippen molar-refractivity contribution in [1.29, 1.82) is 0 Å². The van der Waals surface area contributed by atoms with Crippen molar-refractivity contribution < 1.29 is 29.2 Å². The van der Waals surface area contributed by atoms with Gasteiger partial charge < -0.3 is 29.2 Å². The van der Waals surface area contributed by atoms with Gasteiger partial charge >= 0.3 is 0 Å². The van der Waals surface area contributed by atoms with Crippen molar-refractivity contribution in [3.8, 4) is 0 Å². The molecule has 0 radical (unpaired) electrons. The molecule has 2 heterocycles. The summed E-state index contributed by atoms with van der Waals surface area (Å²) in [4.78, 5) is 0. The molecule has 5 atom stereocenters. The van der Waals surface area contributed by atoms with Crippen molar-refractivity contribution in [3.05, 3.63) is 35.9 Å². The Morgan fingerprint density at radius 1 is 1.23 bits per heavy atom. The molecule has 1 aromatic carbocycles. The lowest BCUT2D eigenvalue weighted by Crippen LogP contribution is -2.44. The summed E-state index contributed by atoms with van der Waals surface area (Å²) < 4.78 is 23.1. The minimum atomic E-state index is -1.04. The van der Waals surface area contributed by atoms with Crippen LogP contribution in [0.5, 0.6) is 0 Å². The number of benzene rings is 1. The van der Waals surface area contributed by atoms with Crippen LogP contribution in [0.1, 0.15) is 19.4 Å². The third kappa shape index (κ3) is 3.17. The van der Waals surface area contributed by atoms with Crippen LogP contribution in [-0.2, 0) is 25.6 Å². The van der Waals surface area contributed by atoms with E-state index < -0.39 is 43.1 Å². The standard InChI is InChI=1S/C16H22O6/c1-16(2)21-14-13(19-9-10-6-4-3-5-7-10)12(11(18)8-17)20-15(14)22-16/h3-7,11-15,17-18H,8-9H2,1-2H3/t11-,12?,13?,14?,15?/m1/s1. The highest BCUT2D eigenvalue weighted by Gasteiger charge is 2.56. The first kappa shape index (κ1) is 15.9. The van der Waals surface area contributed by atoms with E-state index >= 15 is 0 Å². The molecule has 0 amide bonds. The third-order valence-electron chi connectivity index (χ3n) is 3.88. The largest absolute Gasteiger partial charge is 0.394 e. The number of aliphatic hydroxyl groups is 2. The molecule has 1 aromatic rings. The SMILES string of the molecule is CC1(C)OC2OC([C@H](O)CO)C(OCc3ccccc3)C2O1. The maximum atomic E-state index is 9.94. The Balaban J connectivity index is 1.71. The Morgan fingerprint density at radius 2 is 1.95 bits per heavy atom. The molecule has 6 heteroatoms. The number of hydrogen-bond donors (Lipinski definition) is 2. The van der Waals surface area contributed by atoms with Gasteiger partial charge in [0.25, 0.3) is 0 Å². The molecule has 2 aliphatic rings. The van der Waals surface area contributed by atoms with E-state index in [4.69, 9.17) is 18.9 Å². The van der Waals surface area contributed by atoms with Gasteiger partial charge in [0.2, 0.25) is 0 Å². The number of rotatable bonds is 5.